The Morgan fingerprint density at radius 3 is 2.67 bits per heavy atom. The molecule has 1 aliphatic rings. The van der Waals surface area contributed by atoms with Gasteiger partial charge in [0.1, 0.15) is 5.84 Å². The molecule has 0 radical (unpaired) electrons. The highest BCUT2D eigenvalue weighted by Crippen LogP contribution is 2.07. The molecule has 0 unspecified atom stereocenters. The maximum Gasteiger partial charge on any atom is 0.117 e. The molecule has 12 heavy (non-hydrogen) atoms. The van der Waals surface area contributed by atoms with E-state index in [-0.39, 0.29) is 0 Å². The van der Waals surface area contributed by atoms with Gasteiger partial charge in [0, 0.05) is 6.04 Å². The molecule has 0 aromatic rings. The van der Waals surface area contributed by atoms with Gasteiger partial charge in [0.15, 0.2) is 0 Å². The summed E-state index contributed by atoms with van der Waals surface area (Å²) in [4.78, 5) is 4.40. The molecule has 0 spiro atoms. The van der Waals surface area contributed by atoms with E-state index in [0.717, 1.165) is 18.8 Å². The molecule has 0 bridgehead atoms. The maximum atomic E-state index is 4.50. The van der Waals surface area contributed by atoms with Crippen molar-refractivity contribution >= 4 is 11.5 Å². The fourth-order valence-electron chi connectivity index (χ4n) is 1.21. The topological polar surface area (TPSA) is 28.0 Å². The van der Waals surface area contributed by atoms with Crippen LogP contribution in [0.5, 0.6) is 0 Å². The van der Waals surface area contributed by atoms with Gasteiger partial charge >= 0.3 is 0 Å². The van der Waals surface area contributed by atoms with E-state index in [1.165, 1.54) is 5.71 Å². The largest absolute Gasteiger partial charge is 0.265 e. The number of aliphatic imine (C=N–C) groups is 1. The first-order valence-corrected chi connectivity index (χ1v) is 4.51. The average molecular weight is 167 g/mol. The van der Waals surface area contributed by atoms with Crippen LogP contribution >= 0.6 is 0 Å². The number of hydrogen-bond acceptors (Lipinski definition) is 3. The Morgan fingerprint density at radius 2 is 2.17 bits per heavy atom. The van der Waals surface area contributed by atoms with E-state index >= 15 is 0 Å². The SMILES string of the molecule is CCC1=NN(C(C)C)C(C)=NC1. The zero-order chi connectivity index (χ0) is 9.14. The summed E-state index contributed by atoms with van der Waals surface area (Å²) in [5.74, 6) is 1.03. The summed E-state index contributed by atoms with van der Waals surface area (Å²) in [6.07, 6.45) is 1.00. The van der Waals surface area contributed by atoms with E-state index in [4.69, 9.17) is 0 Å². The van der Waals surface area contributed by atoms with E-state index < -0.39 is 0 Å². The van der Waals surface area contributed by atoms with Gasteiger partial charge < -0.3 is 0 Å². The van der Waals surface area contributed by atoms with E-state index in [1.807, 2.05) is 11.9 Å². The first-order chi connectivity index (χ1) is 5.65. The van der Waals surface area contributed by atoms with Gasteiger partial charge in [-0.3, -0.25) is 4.99 Å². The molecule has 0 aromatic heterocycles. The molecule has 1 heterocycles. The summed E-state index contributed by atoms with van der Waals surface area (Å²) in [5, 5.41) is 6.49. The smallest absolute Gasteiger partial charge is 0.117 e. The quantitative estimate of drug-likeness (QED) is 0.617. The van der Waals surface area contributed by atoms with Crippen molar-refractivity contribution in [2.75, 3.05) is 6.54 Å². The molecule has 68 valence electrons. The van der Waals surface area contributed by atoms with Gasteiger partial charge in [0.05, 0.1) is 12.3 Å². The Labute approximate surface area is 74.2 Å². The van der Waals surface area contributed by atoms with Crippen molar-refractivity contribution < 1.29 is 0 Å². The highest BCUT2D eigenvalue weighted by molar-refractivity contribution is 5.93. The zero-order valence-electron chi connectivity index (χ0n) is 8.33. The maximum absolute atomic E-state index is 4.50. The van der Waals surface area contributed by atoms with Crippen LogP contribution in [0, 0.1) is 0 Å². The second kappa shape index (κ2) is 3.70. The van der Waals surface area contributed by atoms with Gasteiger partial charge in [0.2, 0.25) is 0 Å². The normalized spacial score (nSPS) is 17.9. The summed E-state index contributed by atoms with van der Waals surface area (Å²) in [5.41, 5.74) is 1.18. The van der Waals surface area contributed by atoms with Crippen molar-refractivity contribution in [1.82, 2.24) is 5.01 Å². The minimum absolute atomic E-state index is 0.413. The Hall–Kier alpha value is -0.860. The van der Waals surface area contributed by atoms with Crippen LogP contribution in [-0.2, 0) is 0 Å². The summed E-state index contributed by atoms with van der Waals surface area (Å²) < 4.78 is 0. The molecule has 0 N–H and O–H groups in total. The van der Waals surface area contributed by atoms with Gasteiger partial charge in [-0.2, -0.15) is 5.10 Å². The van der Waals surface area contributed by atoms with E-state index in [9.17, 15) is 0 Å². The molecule has 0 saturated carbocycles. The minimum atomic E-state index is 0.413. The molecule has 0 saturated heterocycles. The molecular formula is C9H17N3. The molecule has 0 atom stereocenters. The van der Waals surface area contributed by atoms with Crippen LogP contribution in [-0.4, -0.2) is 29.1 Å². The highest BCUT2D eigenvalue weighted by atomic mass is 15.5. The first-order valence-electron chi connectivity index (χ1n) is 4.51. The Balaban J connectivity index is 2.75. The Kier molecular flexibility index (Phi) is 2.84. The van der Waals surface area contributed by atoms with Crippen LogP contribution in [0.3, 0.4) is 0 Å². The fraction of sp³-hybridized carbons (Fsp3) is 0.778. The van der Waals surface area contributed by atoms with E-state index in [1.54, 1.807) is 0 Å². The van der Waals surface area contributed by atoms with Crippen LogP contribution in [0.4, 0.5) is 0 Å². The standard InChI is InChI=1S/C9H17N3/c1-5-9-6-10-8(4)12(11-9)7(2)3/h7H,5-6H2,1-4H3. The molecule has 0 amide bonds. The number of hydrogen-bond donors (Lipinski definition) is 0. The van der Waals surface area contributed by atoms with Crippen molar-refractivity contribution in [1.29, 1.82) is 0 Å². The second-order valence-electron chi connectivity index (χ2n) is 3.32. The molecule has 1 aliphatic heterocycles. The molecule has 3 nitrogen and oxygen atoms in total. The third-order valence-electron chi connectivity index (χ3n) is 1.97. The molecule has 1 rings (SSSR count). The van der Waals surface area contributed by atoms with Crippen LogP contribution in [0.15, 0.2) is 10.1 Å². The Morgan fingerprint density at radius 1 is 1.50 bits per heavy atom. The lowest BCUT2D eigenvalue weighted by atomic mass is 10.3. The summed E-state index contributed by atoms with van der Waals surface area (Å²) in [7, 11) is 0. The number of rotatable bonds is 2. The van der Waals surface area contributed by atoms with Crippen LogP contribution in [0.1, 0.15) is 34.1 Å². The number of amidine groups is 1. The van der Waals surface area contributed by atoms with E-state index in [2.05, 4.69) is 30.9 Å². The fourth-order valence-corrected chi connectivity index (χ4v) is 1.21. The predicted molar refractivity (Wildman–Crippen MR) is 52.7 cm³/mol. The van der Waals surface area contributed by atoms with Crippen LogP contribution < -0.4 is 0 Å². The molecule has 3 heteroatoms. The van der Waals surface area contributed by atoms with E-state index in [0.29, 0.717) is 6.04 Å². The number of nitrogens with zero attached hydrogens (tertiary/aromatic N) is 3. The minimum Gasteiger partial charge on any atom is -0.265 e. The van der Waals surface area contributed by atoms with Crippen LogP contribution in [0.25, 0.3) is 0 Å². The van der Waals surface area contributed by atoms with Gasteiger partial charge in [-0.15, -0.1) is 0 Å². The van der Waals surface area contributed by atoms with Crippen molar-refractivity contribution in [2.24, 2.45) is 10.1 Å². The van der Waals surface area contributed by atoms with Crippen LogP contribution in [0.2, 0.25) is 0 Å². The number of hydrazone groups is 1. The molecule has 0 fully saturated rings. The summed E-state index contributed by atoms with van der Waals surface area (Å²) >= 11 is 0. The molecular weight excluding hydrogens is 150 g/mol. The van der Waals surface area contributed by atoms with Crippen molar-refractivity contribution in [3.05, 3.63) is 0 Å². The zero-order valence-corrected chi connectivity index (χ0v) is 8.33. The van der Waals surface area contributed by atoms with Crippen molar-refractivity contribution in [2.45, 2.75) is 40.2 Å². The molecule has 0 aliphatic carbocycles. The van der Waals surface area contributed by atoms with Crippen molar-refractivity contribution in [3.8, 4) is 0 Å². The highest BCUT2D eigenvalue weighted by Gasteiger charge is 2.14. The predicted octanol–water partition coefficient (Wildman–Crippen LogP) is 1.89. The lowest BCUT2D eigenvalue weighted by molar-refractivity contribution is 0.359. The Bertz CT molecular complexity index is 216. The van der Waals surface area contributed by atoms with Gasteiger partial charge in [0.25, 0.3) is 0 Å². The average Bonchev–Trinajstić information content (AvgIpc) is 2.05. The van der Waals surface area contributed by atoms with Gasteiger partial charge in [-0.25, -0.2) is 5.01 Å². The lowest BCUT2D eigenvalue weighted by Gasteiger charge is -2.27. The summed E-state index contributed by atoms with van der Waals surface area (Å²) in [6.45, 7) is 9.16. The lowest BCUT2D eigenvalue weighted by Crippen LogP contribution is -2.35. The third-order valence-corrected chi connectivity index (χ3v) is 1.97. The molecule has 0 aromatic carbocycles. The monoisotopic (exact) mass is 167 g/mol. The van der Waals surface area contributed by atoms with Crippen molar-refractivity contribution in [3.63, 3.8) is 0 Å². The van der Waals surface area contributed by atoms with Gasteiger partial charge in [-0.05, 0) is 27.2 Å². The third kappa shape index (κ3) is 1.84. The van der Waals surface area contributed by atoms with Gasteiger partial charge in [-0.1, -0.05) is 6.92 Å². The second-order valence-corrected chi connectivity index (χ2v) is 3.32. The summed E-state index contributed by atoms with van der Waals surface area (Å²) in [6, 6.07) is 0.413. The first kappa shape index (κ1) is 9.23.